The normalized spacial score (nSPS) is 14.2. The first-order valence-corrected chi connectivity index (χ1v) is 11.6. The van der Waals surface area contributed by atoms with Gasteiger partial charge in [-0.15, -0.1) is 0 Å². The van der Waals surface area contributed by atoms with E-state index in [4.69, 9.17) is 4.42 Å². The SMILES string of the molecule is Cc1cccc(-c2c(-c3ccc(F)cc3)nc(C(F)(F)F)nc2N2CCN(C(=O)c3ccco3)CC2)c1. The summed E-state index contributed by atoms with van der Waals surface area (Å²) in [6.45, 7) is 2.92. The Morgan fingerprint density at radius 1 is 0.919 bits per heavy atom. The van der Waals surface area contributed by atoms with Crippen LogP contribution in [0.3, 0.4) is 0 Å². The number of hydrogen-bond acceptors (Lipinski definition) is 5. The smallest absolute Gasteiger partial charge is 0.451 e. The number of piperazine rings is 1. The van der Waals surface area contributed by atoms with Crippen molar-refractivity contribution >= 4 is 11.7 Å². The largest absolute Gasteiger partial charge is 0.459 e. The van der Waals surface area contributed by atoms with Crippen molar-refractivity contribution in [2.45, 2.75) is 13.1 Å². The molecule has 190 valence electrons. The van der Waals surface area contributed by atoms with Gasteiger partial charge in [0.15, 0.2) is 5.76 Å². The molecule has 0 spiro atoms. The number of furan rings is 1. The molecule has 0 N–H and O–H groups in total. The lowest BCUT2D eigenvalue weighted by molar-refractivity contribution is -0.144. The number of carbonyl (C=O) groups excluding carboxylic acids is 1. The molecule has 1 amide bonds. The van der Waals surface area contributed by atoms with Gasteiger partial charge in [-0.1, -0.05) is 29.8 Å². The zero-order valence-electron chi connectivity index (χ0n) is 19.8. The molecule has 0 unspecified atom stereocenters. The van der Waals surface area contributed by atoms with Crippen LogP contribution in [0.5, 0.6) is 0 Å². The van der Waals surface area contributed by atoms with E-state index in [0.717, 1.165) is 5.56 Å². The number of benzene rings is 2. The predicted octanol–water partition coefficient (Wildman–Crippen LogP) is 5.83. The Kier molecular flexibility index (Phi) is 6.41. The van der Waals surface area contributed by atoms with Crippen LogP contribution < -0.4 is 4.90 Å². The topological polar surface area (TPSA) is 62.5 Å². The zero-order valence-corrected chi connectivity index (χ0v) is 19.8. The molecule has 6 nitrogen and oxygen atoms in total. The van der Waals surface area contributed by atoms with Crippen LogP contribution >= 0.6 is 0 Å². The Hall–Kier alpha value is -4.21. The van der Waals surface area contributed by atoms with Crippen molar-refractivity contribution in [2.24, 2.45) is 0 Å². The second kappa shape index (κ2) is 9.68. The Balaban J connectivity index is 1.62. The third kappa shape index (κ3) is 5.04. The molecule has 37 heavy (non-hydrogen) atoms. The monoisotopic (exact) mass is 510 g/mol. The van der Waals surface area contributed by atoms with Crippen molar-refractivity contribution in [2.75, 3.05) is 31.1 Å². The van der Waals surface area contributed by atoms with Gasteiger partial charge in [-0.3, -0.25) is 4.79 Å². The molecule has 0 atom stereocenters. The number of hydrogen-bond donors (Lipinski definition) is 0. The molecule has 3 heterocycles. The van der Waals surface area contributed by atoms with Gasteiger partial charge in [0.05, 0.1) is 17.5 Å². The maximum Gasteiger partial charge on any atom is 0.451 e. The number of nitrogens with zero attached hydrogens (tertiary/aromatic N) is 4. The number of amides is 1. The first kappa shape index (κ1) is 24.5. The van der Waals surface area contributed by atoms with Crippen molar-refractivity contribution in [3.8, 4) is 22.4 Å². The summed E-state index contributed by atoms with van der Waals surface area (Å²) in [6.07, 6.45) is -3.39. The van der Waals surface area contributed by atoms with E-state index in [2.05, 4.69) is 9.97 Å². The standard InChI is InChI=1S/C27H22F4N4O2/c1-17-4-2-5-19(16-17)22-23(18-7-9-20(28)10-8-18)32-26(27(29,30)31)33-24(22)34-11-13-35(14-12-34)25(36)21-6-3-15-37-21/h2-10,15-16H,11-14H2,1H3. The quantitative estimate of drug-likeness (QED) is 0.323. The minimum absolute atomic E-state index is 0.0528. The highest BCUT2D eigenvalue weighted by atomic mass is 19.4. The molecule has 0 aliphatic carbocycles. The lowest BCUT2D eigenvalue weighted by Gasteiger charge is -2.36. The van der Waals surface area contributed by atoms with Gasteiger partial charge in [0.1, 0.15) is 11.6 Å². The van der Waals surface area contributed by atoms with Gasteiger partial charge in [0.25, 0.3) is 5.91 Å². The number of aryl methyl sites for hydroxylation is 1. The van der Waals surface area contributed by atoms with Crippen LogP contribution in [0, 0.1) is 12.7 Å². The lowest BCUT2D eigenvalue weighted by Crippen LogP contribution is -2.49. The first-order chi connectivity index (χ1) is 17.7. The Morgan fingerprint density at radius 3 is 2.27 bits per heavy atom. The van der Waals surface area contributed by atoms with E-state index in [9.17, 15) is 22.4 Å². The summed E-state index contributed by atoms with van der Waals surface area (Å²) in [5.41, 5.74) is 2.34. The summed E-state index contributed by atoms with van der Waals surface area (Å²) >= 11 is 0. The van der Waals surface area contributed by atoms with Crippen molar-refractivity contribution in [3.05, 3.63) is 89.9 Å². The number of halogens is 4. The third-order valence-electron chi connectivity index (χ3n) is 6.17. The summed E-state index contributed by atoms with van der Waals surface area (Å²) in [5, 5.41) is 0. The van der Waals surface area contributed by atoms with Gasteiger partial charge < -0.3 is 14.2 Å². The molecule has 1 aliphatic rings. The summed E-state index contributed by atoms with van der Waals surface area (Å²) < 4.78 is 60.7. The molecule has 5 rings (SSSR count). The fourth-order valence-electron chi connectivity index (χ4n) is 4.36. The van der Waals surface area contributed by atoms with Crippen molar-refractivity contribution in [3.63, 3.8) is 0 Å². The van der Waals surface area contributed by atoms with Crippen molar-refractivity contribution < 1.29 is 26.8 Å². The number of alkyl halides is 3. The van der Waals surface area contributed by atoms with Crippen LogP contribution in [-0.4, -0.2) is 47.0 Å². The predicted molar refractivity (Wildman–Crippen MR) is 129 cm³/mol. The van der Waals surface area contributed by atoms with E-state index in [0.29, 0.717) is 16.7 Å². The summed E-state index contributed by atoms with van der Waals surface area (Å²) in [4.78, 5) is 23.9. The summed E-state index contributed by atoms with van der Waals surface area (Å²) in [5.74, 6) is -1.77. The number of anilines is 1. The average molecular weight is 510 g/mol. The second-order valence-corrected chi connectivity index (χ2v) is 8.73. The van der Waals surface area contributed by atoms with Crippen molar-refractivity contribution in [1.82, 2.24) is 14.9 Å². The van der Waals surface area contributed by atoms with Crippen LogP contribution in [0.25, 0.3) is 22.4 Å². The maximum atomic E-state index is 14.0. The molecule has 10 heteroatoms. The maximum absolute atomic E-state index is 14.0. The minimum Gasteiger partial charge on any atom is -0.459 e. The first-order valence-electron chi connectivity index (χ1n) is 11.6. The van der Waals surface area contributed by atoms with E-state index in [1.54, 1.807) is 34.1 Å². The minimum atomic E-state index is -4.80. The summed E-state index contributed by atoms with van der Waals surface area (Å²) in [7, 11) is 0. The van der Waals surface area contributed by atoms with E-state index < -0.39 is 17.8 Å². The molecular formula is C27H22F4N4O2. The van der Waals surface area contributed by atoms with Gasteiger partial charge in [-0.05, 0) is 48.9 Å². The molecule has 4 aromatic rings. The highest BCUT2D eigenvalue weighted by Crippen LogP contribution is 2.41. The van der Waals surface area contributed by atoms with E-state index in [1.807, 2.05) is 19.1 Å². The molecule has 2 aromatic heterocycles. The van der Waals surface area contributed by atoms with Crippen LogP contribution in [0.1, 0.15) is 21.9 Å². The van der Waals surface area contributed by atoms with E-state index >= 15 is 0 Å². The van der Waals surface area contributed by atoms with Crippen LogP contribution in [-0.2, 0) is 6.18 Å². The molecular weight excluding hydrogens is 488 g/mol. The van der Waals surface area contributed by atoms with E-state index in [-0.39, 0.29) is 49.4 Å². The molecule has 0 saturated carbocycles. The molecule has 1 fully saturated rings. The van der Waals surface area contributed by atoms with Gasteiger partial charge in [-0.2, -0.15) is 13.2 Å². The summed E-state index contributed by atoms with van der Waals surface area (Å²) in [6, 6.07) is 15.7. The molecule has 1 saturated heterocycles. The van der Waals surface area contributed by atoms with Gasteiger partial charge in [0.2, 0.25) is 5.82 Å². The van der Waals surface area contributed by atoms with Gasteiger partial charge in [-0.25, -0.2) is 14.4 Å². The van der Waals surface area contributed by atoms with Gasteiger partial charge >= 0.3 is 6.18 Å². The van der Waals surface area contributed by atoms with Crippen LogP contribution in [0.2, 0.25) is 0 Å². The van der Waals surface area contributed by atoms with Gasteiger partial charge in [0, 0.05) is 31.7 Å². The lowest BCUT2D eigenvalue weighted by atomic mass is 9.97. The fourth-order valence-corrected chi connectivity index (χ4v) is 4.36. The Morgan fingerprint density at radius 2 is 1.65 bits per heavy atom. The molecule has 1 aliphatic heterocycles. The molecule has 0 bridgehead atoms. The zero-order chi connectivity index (χ0) is 26.2. The van der Waals surface area contributed by atoms with Crippen LogP contribution in [0.4, 0.5) is 23.4 Å². The Labute approximate surface area is 210 Å². The number of aromatic nitrogens is 2. The highest BCUT2D eigenvalue weighted by Gasteiger charge is 2.38. The van der Waals surface area contributed by atoms with Crippen molar-refractivity contribution in [1.29, 1.82) is 0 Å². The number of rotatable bonds is 4. The second-order valence-electron chi connectivity index (χ2n) is 8.73. The number of carbonyl (C=O) groups is 1. The van der Waals surface area contributed by atoms with E-state index in [1.165, 1.54) is 30.5 Å². The third-order valence-corrected chi connectivity index (χ3v) is 6.17. The molecule has 2 aromatic carbocycles. The fraction of sp³-hybridized carbons (Fsp3) is 0.222. The molecule has 0 radical (unpaired) electrons. The van der Waals surface area contributed by atoms with Crippen LogP contribution in [0.15, 0.2) is 71.3 Å². The highest BCUT2D eigenvalue weighted by molar-refractivity contribution is 5.92. The Bertz CT molecular complexity index is 1410. The average Bonchev–Trinajstić information content (AvgIpc) is 3.43.